The van der Waals surface area contributed by atoms with Crippen LogP contribution in [-0.2, 0) is 0 Å². The smallest absolute Gasteiger partial charge is 0.0443 e. The molecule has 1 nitrogen and oxygen atoms in total. The first-order chi connectivity index (χ1) is 3.77. The molecular weight excluding hydrogens is 98.1 g/mol. The summed E-state index contributed by atoms with van der Waals surface area (Å²) in [6, 6.07) is 0.422. The van der Waals surface area contributed by atoms with Crippen molar-refractivity contribution in [1.29, 1.82) is 0 Å². The Bertz CT molecular complexity index is 90.6. The Morgan fingerprint density at radius 2 is 2.00 bits per heavy atom. The van der Waals surface area contributed by atoms with Crippen LogP contribution in [0.1, 0.15) is 20.8 Å². The average molecular weight is 111 g/mol. The van der Waals surface area contributed by atoms with Gasteiger partial charge < -0.3 is 0 Å². The first-order valence-corrected chi connectivity index (χ1v) is 2.92. The zero-order valence-corrected chi connectivity index (χ0v) is 5.76. The lowest BCUT2D eigenvalue weighted by molar-refractivity contribution is 0.842. The summed E-state index contributed by atoms with van der Waals surface area (Å²) in [6.45, 7) is 6.09. The fourth-order valence-corrected chi connectivity index (χ4v) is 0.308. The summed E-state index contributed by atoms with van der Waals surface area (Å²) in [5.74, 6) is 0. The first kappa shape index (κ1) is 7.41. The number of hydrogen-bond acceptors (Lipinski definition) is 1. The van der Waals surface area contributed by atoms with E-state index in [2.05, 4.69) is 18.8 Å². The summed E-state index contributed by atoms with van der Waals surface area (Å²) in [5.41, 5.74) is 0. The zero-order chi connectivity index (χ0) is 6.41. The number of hydrogen-bond donors (Lipinski definition) is 0. The van der Waals surface area contributed by atoms with Crippen molar-refractivity contribution in [2.75, 3.05) is 0 Å². The Kier molecular flexibility index (Phi) is 4.23. The third-order valence-corrected chi connectivity index (χ3v) is 0.663. The van der Waals surface area contributed by atoms with E-state index < -0.39 is 0 Å². The molecule has 0 aromatic carbocycles. The lowest BCUT2D eigenvalue weighted by atomic mass is 10.4. The van der Waals surface area contributed by atoms with Gasteiger partial charge in [-0.15, -0.1) is 0 Å². The van der Waals surface area contributed by atoms with Crippen molar-refractivity contribution in [2.24, 2.45) is 4.99 Å². The molecule has 0 unspecified atom stereocenters. The largest absolute Gasteiger partial charge is 0.290 e. The van der Waals surface area contributed by atoms with E-state index in [1.165, 1.54) is 0 Å². The van der Waals surface area contributed by atoms with Crippen molar-refractivity contribution < 1.29 is 0 Å². The number of nitrogens with zero attached hydrogens (tertiary/aromatic N) is 1. The van der Waals surface area contributed by atoms with Crippen LogP contribution in [0.25, 0.3) is 0 Å². The highest BCUT2D eigenvalue weighted by Crippen LogP contribution is 1.81. The molecule has 0 amide bonds. The van der Waals surface area contributed by atoms with Crippen LogP contribution in [-0.4, -0.2) is 12.3 Å². The molecule has 46 valence electrons. The van der Waals surface area contributed by atoms with Gasteiger partial charge >= 0.3 is 0 Å². The van der Waals surface area contributed by atoms with Crippen LogP contribution in [0.4, 0.5) is 0 Å². The summed E-state index contributed by atoms with van der Waals surface area (Å²) < 4.78 is 0. The van der Waals surface area contributed by atoms with E-state index in [0.717, 1.165) is 0 Å². The molecule has 0 aliphatic heterocycles. The van der Waals surface area contributed by atoms with Gasteiger partial charge in [-0.25, -0.2) is 0 Å². The van der Waals surface area contributed by atoms with Gasteiger partial charge in [0.2, 0.25) is 0 Å². The van der Waals surface area contributed by atoms with Gasteiger partial charge in [-0.05, 0) is 26.8 Å². The molecule has 0 N–H and O–H groups in total. The minimum absolute atomic E-state index is 0.422. The van der Waals surface area contributed by atoms with Crippen molar-refractivity contribution in [3.63, 3.8) is 0 Å². The van der Waals surface area contributed by atoms with Crippen LogP contribution in [0.5, 0.6) is 0 Å². The van der Waals surface area contributed by atoms with Crippen molar-refractivity contribution >= 4 is 6.21 Å². The van der Waals surface area contributed by atoms with Gasteiger partial charge in [-0.1, -0.05) is 6.08 Å². The summed E-state index contributed by atoms with van der Waals surface area (Å²) in [7, 11) is 0. The fraction of sp³-hybridized carbons (Fsp3) is 0.571. The first-order valence-electron chi connectivity index (χ1n) is 2.92. The van der Waals surface area contributed by atoms with Gasteiger partial charge in [0.15, 0.2) is 0 Å². The van der Waals surface area contributed by atoms with Crippen LogP contribution in [0.2, 0.25) is 0 Å². The predicted molar refractivity (Wildman–Crippen MR) is 38.4 cm³/mol. The quantitative estimate of drug-likeness (QED) is 0.483. The maximum atomic E-state index is 4.10. The molecule has 0 bridgehead atoms. The molecule has 0 spiro atoms. The normalized spacial score (nSPS) is 12.5. The zero-order valence-electron chi connectivity index (χ0n) is 5.76. The van der Waals surface area contributed by atoms with E-state index >= 15 is 0 Å². The van der Waals surface area contributed by atoms with E-state index in [-0.39, 0.29) is 0 Å². The van der Waals surface area contributed by atoms with Gasteiger partial charge in [-0.3, -0.25) is 4.99 Å². The molecule has 0 aromatic heterocycles. The molecule has 0 atom stereocenters. The third-order valence-electron chi connectivity index (χ3n) is 0.663. The second-order valence-electron chi connectivity index (χ2n) is 1.92. The Balaban J connectivity index is 3.34. The monoisotopic (exact) mass is 111 g/mol. The number of allylic oxidation sites excluding steroid dienone is 2. The minimum atomic E-state index is 0.422. The second kappa shape index (κ2) is 4.57. The van der Waals surface area contributed by atoms with Crippen molar-refractivity contribution in [1.82, 2.24) is 0 Å². The molecule has 1 heteroatoms. The van der Waals surface area contributed by atoms with E-state index in [0.29, 0.717) is 6.04 Å². The molecule has 0 saturated carbocycles. The lowest BCUT2D eigenvalue weighted by Crippen LogP contribution is -1.86. The summed E-state index contributed by atoms with van der Waals surface area (Å²) in [4.78, 5) is 4.10. The van der Waals surface area contributed by atoms with Gasteiger partial charge in [0.05, 0.1) is 0 Å². The van der Waals surface area contributed by atoms with Gasteiger partial charge in [0.25, 0.3) is 0 Å². The van der Waals surface area contributed by atoms with Gasteiger partial charge in [-0.2, -0.15) is 0 Å². The van der Waals surface area contributed by atoms with Crippen LogP contribution in [0.3, 0.4) is 0 Å². The third kappa shape index (κ3) is 5.41. The van der Waals surface area contributed by atoms with Gasteiger partial charge in [0, 0.05) is 12.3 Å². The average Bonchev–Trinajstić information content (AvgIpc) is 1.66. The molecule has 0 saturated heterocycles. The fourth-order valence-electron chi connectivity index (χ4n) is 0.308. The molecule has 0 fully saturated rings. The highest BCUT2D eigenvalue weighted by molar-refractivity contribution is 5.70. The SMILES string of the molecule is C/C=C/C=NC(C)C. The van der Waals surface area contributed by atoms with Gasteiger partial charge in [0.1, 0.15) is 0 Å². The maximum absolute atomic E-state index is 4.10. The number of rotatable bonds is 2. The summed E-state index contributed by atoms with van der Waals surface area (Å²) in [6.07, 6.45) is 5.72. The van der Waals surface area contributed by atoms with Crippen molar-refractivity contribution in [2.45, 2.75) is 26.8 Å². The Morgan fingerprint density at radius 3 is 2.38 bits per heavy atom. The second-order valence-corrected chi connectivity index (χ2v) is 1.92. The van der Waals surface area contributed by atoms with E-state index in [1.54, 1.807) is 0 Å². The minimum Gasteiger partial charge on any atom is -0.290 e. The predicted octanol–water partition coefficient (Wildman–Crippen LogP) is 2.04. The summed E-state index contributed by atoms with van der Waals surface area (Å²) >= 11 is 0. The van der Waals surface area contributed by atoms with E-state index in [9.17, 15) is 0 Å². The van der Waals surface area contributed by atoms with E-state index in [1.807, 2.05) is 25.3 Å². The lowest BCUT2D eigenvalue weighted by Gasteiger charge is -1.88. The standard InChI is InChI=1S/C7H13N/c1-4-5-6-8-7(2)3/h4-7H,1-3H3/b5-4+,8-6?. The molecule has 0 heterocycles. The molecule has 0 aromatic rings. The molecule has 0 rings (SSSR count). The van der Waals surface area contributed by atoms with Crippen molar-refractivity contribution in [3.05, 3.63) is 12.2 Å². The Labute approximate surface area is 51.1 Å². The van der Waals surface area contributed by atoms with E-state index in [4.69, 9.17) is 0 Å². The molecule has 8 heavy (non-hydrogen) atoms. The highest BCUT2D eigenvalue weighted by atomic mass is 14.7. The molecular formula is C7H13N. The maximum Gasteiger partial charge on any atom is 0.0443 e. The Hall–Kier alpha value is -0.590. The van der Waals surface area contributed by atoms with Crippen molar-refractivity contribution in [3.8, 4) is 0 Å². The van der Waals surface area contributed by atoms with Crippen LogP contribution in [0, 0.1) is 0 Å². The van der Waals surface area contributed by atoms with Crippen LogP contribution in [0.15, 0.2) is 17.1 Å². The molecule has 0 radical (unpaired) electrons. The summed E-state index contributed by atoms with van der Waals surface area (Å²) in [5, 5.41) is 0. The highest BCUT2D eigenvalue weighted by Gasteiger charge is 1.78. The molecule has 0 aliphatic rings. The molecule has 0 aliphatic carbocycles. The number of aliphatic imine (C=N–C) groups is 1. The Morgan fingerprint density at radius 1 is 1.38 bits per heavy atom. The van der Waals surface area contributed by atoms with Crippen LogP contribution >= 0.6 is 0 Å². The topological polar surface area (TPSA) is 12.4 Å². The van der Waals surface area contributed by atoms with Crippen LogP contribution < -0.4 is 0 Å².